The van der Waals surface area contributed by atoms with Crippen molar-refractivity contribution in [3.8, 4) is 0 Å². The molecule has 0 radical (unpaired) electrons. The van der Waals surface area contributed by atoms with E-state index in [2.05, 4.69) is 42.4 Å². The quantitative estimate of drug-likeness (QED) is 0.631. The molecule has 0 rings (SSSR count). The van der Waals surface area contributed by atoms with E-state index in [9.17, 15) is 0 Å². The first kappa shape index (κ1) is 11.4. The Morgan fingerprint density at radius 2 is 1.82 bits per heavy atom. The maximum absolute atomic E-state index is 3.37. The molecule has 0 saturated carbocycles. The van der Waals surface area contributed by atoms with Crippen LogP contribution in [0.1, 0.15) is 27.2 Å². The van der Waals surface area contributed by atoms with E-state index < -0.39 is 0 Å². The third-order valence-corrected chi connectivity index (χ3v) is 2.90. The highest BCUT2D eigenvalue weighted by molar-refractivity contribution is 7.16. The zero-order chi connectivity index (χ0) is 8.85. The lowest BCUT2D eigenvalue weighted by molar-refractivity contribution is 0.362. The van der Waals surface area contributed by atoms with E-state index in [1.165, 1.54) is 12.6 Å². The van der Waals surface area contributed by atoms with Gasteiger partial charge < -0.3 is 5.32 Å². The van der Waals surface area contributed by atoms with Crippen molar-refractivity contribution in [2.45, 2.75) is 33.2 Å². The molecule has 0 aliphatic heterocycles. The van der Waals surface area contributed by atoms with Crippen LogP contribution in [0, 0.1) is 11.8 Å². The summed E-state index contributed by atoms with van der Waals surface area (Å²) in [7, 11) is 4.87. The van der Waals surface area contributed by atoms with Gasteiger partial charge in [-0.1, -0.05) is 20.8 Å². The van der Waals surface area contributed by atoms with Gasteiger partial charge in [-0.3, -0.25) is 0 Å². The van der Waals surface area contributed by atoms with Crippen LogP contribution in [0.5, 0.6) is 0 Å². The Kier molecular flexibility index (Phi) is 6.18. The summed E-state index contributed by atoms with van der Waals surface area (Å²) in [5.74, 6) is 1.57. The predicted octanol–water partition coefficient (Wildman–Crippen LogP) is 2.13. The maximum Gasteiger partial charge on any atom is 0.00953 e. The van der Waals surface area contributed by atoms with Gasteiger partial charge in [0.15, 0.2) is 0 Å². The molecule has 2 heteroatoms. The second kappa shape index (κ2) is 5.97. The lowest BCUT2D eigenvalue weighted by Gasteiger charge is -2.23. The summed E-state index contributed by atoms with van der Waals surface area (Å²) in [5, 5.41) is 3.37. The topological polar surface area (TPSA) is 12.0 Å². The predicted molar refractivity (Wildman–Crippen MR) is 56.0 cm³/mol. The molecular weight excluding hydrogens is 153 g/mol. The molecule has 0 aliphatic rings. The van der Waals surface area contributed by atoms with Crippen LogP contribution in [0.2, 0.25) is 0 Å². The molecule has 0 aliphatic carbocycles. The van der Waals surface area contributed by atoms with Gasteiger partial charge in [0.25, 0.3) is 0 Å². The molecule has 0 aromatic rings. The van der Waals surface area contributed by atoms with E-state index in [-0.39, 0.29) is 0 Å². The van der Waals surface area contributed by atoms with Gasteiger partial charge in [0.05, 0.1) is 0 Å². The van der Waals surface area contributed by atoms with Gasteiger partial charge in [0.1, 0.15) is 0 Å². The van der Waals surface area contributed by atoms with Gasteiger partial charge in [0.2, 0.25) is 0 Å². The molecule has 0 saturated heterocycles. The van der Waals surface area contributed by atoms with Crippen LogP contribution in [0.3, 0.4) is 0 Å². The molecule has 11 heavy (non-hydrogen) atoms. The van der Waals surface area contributed by atoms with E-state index >= 15 is 0 Å². The van der Waals surface area contributed by atoms with Gasteiger partial charge in [-0.05, 0) is 31.5 Å². The van der Waals surface area contributed by atoms with E-state index in [0.29, 0.717) is 6.04 Å². The van der Waals surface area contributed by atoms with Gasteiger partial charge in [-0.25, -0.2) is 0 Å². The van der Waals surface area contributed by atoms with E-state index in [0.717, 1.165) is 11.8 Å². The van der Waals surface area contributed by atoms with Crippen LogP contribution in [0.15, 0.2) is 0 Å². The Hall–Kier alpha value is 0.390. The van der Waals surface area contributed by atoms with E-state index in [1.54, 1.807) is 0 Å². The summed E-state index contributed by atoms with van der Waals surface area (Å²) >= 11 is 0. The van der Waals surface area contributed by atoms with Crippen molar-refractivity contribution in [2.75, 3.05) is 13.2 Å². The first-order valence-electron chi connectivity index (χ1n) is 4.49. The fourth-order valence-electron chi connectivity index (χ4n) is 1.31. The number of hydrogen-bond acceptors (Lipinski definition) is 1. The van der Waals surface area contributed by atoms with Crippen LogP contribution in [0.25, 0.3) is 0 Å². The van der Waals surface area contributed by atoms with Gasteiger partial charge in [-0.2, -0.15) is 0 Å². The van der Waals surface area contributed by atoms with Crippen molar-refractivity contribution >= 4 is 9.24 Å². The molecule has 0 aromatic heterocycles. The summed E-state index contributed by atoms with van der Waals surface area (Å²) in [6, 6.07) is 0.687. The highest BCUT2D eigenvalue weighted by atomic mass is 31.0. The standard InChI is InChI=1S/C9H22NP/c1-7(2)5-9(10-4)8(3)6-11/h7-10H,5-6,11H2,1-4H3. The lowest BCUT2D eigenvalue weighted by atomic mass is 9.95. The Balaban J connectivity index is 3.74. The largest absolute Gasteiger partial charge is 0.317 e. The van der Waals surface area contributed by atoms with Crippen molar-refractivity contribution in [1.29, 1.82) is 0 Å². The van der Waals surface area contributed by atoms with Gasteiger partial charge in [0, 0.05) is 6.04 Å². The summed E-state index contributed by atoms with van der Waals surface area (Å²) in [6.07, 6.45) is 2.48. The monoisotopic (exact) mass is 175 g/mol. The van der Waals surface area contributed by atoms with Crippen molar-refractivity contribution < 1.29 is 0 Å². The number of rotatable bonds is 5. The Labute approximate surface area is 73.5 Å². The van der Waals surface area contributed by atoms with Crippen molar-refractivity contribution in [1.82, 2.24) is 5.32 Å². The Morgan fingerprint density at radius 1 is 1.27 bits per heavy atom. The molecule has 0 bridgehead atoms. The maximum atomic E-state index is 3.37. The molecular formula is C9H22NP. The van der Waals surface area contributed by atoms with Crippen LogP contribution >= 0.6 is 9.24 Å². The zero-order valence-electron chi connectivity index (χ0n) is 8.22. The van der Waals surface area contributed by atoms with Crippen LogP contribution in [-0.4, -0.2) is 19.3 Å². The molecule has 0 heterocycles. The van der Waals surface area contributed by atoms with Crippen LogP contribution in [0.4, 0.5) is 0 Å². The second-order valence-electron chi connectivity index (χ2n) is 3.74. The van der Waals surface area contributed by atoms with Crippen molar-refractivity contribution in [3.63, 3.8) is 0 Å². The molecule has 0 spiro atoms. The SMILES string of the molecule is CNC(CC(C)C)C(C)CP. The lowest BCUT2D eigenvalue weighted by Crippen LogP contribution is -2.34. The summed E-state index contributed by atoms with van der Waals surface area (Å²) in [4.78, 5) is 0. The first-order valence-corrected chi connectivity index (χ1v) is 5.30. The first-order chi connectivity index (χ1) is 5.11. The summed E-state index contributed by atoms with van der Waals surface area (Å²) in [6.45, 7) is 6.86. The molecule has 68 valence electrons. The molecule has 0 fully saturated rings. The smallest absolute Gasteiger partial charge is 0.00953 e. The van der Waals surface area contributed by atoms with Crippen LogP contribution in [-0.2, 0) is 0 Å². The fraction of sp³-hybridized carbons (Fsp3) is 1.00. The highest BCUT2D eigenvalue weighted by Gasteiger charge is 2.14. The zero-order valence-corrected chi connectivity index (χ0v) is 9.38. The van der Waals surface area contributed by atoms with E-state index in [4.69, 9.17) is 0 Å². The molecule has 0 aromatic carbocycles. The molecule has 1 nitrogen and oxygen atoms in total. The number of hydrogen-bond donors (Lipinski definition) is 1. The molecule has 3 unspecified atom stereocenters. The van der Waals surface area contributed by atoms with Gasteiger partial charge in [-0.15, -0.1) is 9.24 Å². The van der Waals surface area contributed by atoms with Gasteiger partial charge >= 0.3 is 0 Å². The average Bonchev–Trinajstić information content (AvgIpc) is 1.98. The fourth-order valence-corrected chi connectivity index (χ4v) is 1.64. The minimum Gasteiger partial charge on any atom is -0.317 e. The summed E-state index contributed by atoms with van der Waals surface area (Å²) in [5.41, 5.74) is 0. The normalized spacial score (nSPS) is 16.9. The molecule has 0 amide bonds. The summed E-state index contributed by atoms with van der Waals surface area (Å²) < 4.78 is 0. The molecule has 3 atom stereocenters. The number of nitrogens with one attached hydrogen (secondary N) is 1. The van der Waals surface area contributed by atoms with Crippen LogP contribution < -0.4 is 5.32 Å². The average molecular weight is 175 g/mol. The minimum atomic E-state index is 0.687. The second-order valence-corrected chi connectivity index (χ2v) is 4.21. The minimum absolute atomic E-state index is 0.687. The Bertz CT molecular complexity index is 93.6. The Morgan fingerprint density at radius 3 is 2.09 bits per heavy atom. The van der Waals surface area contributed by atoms with Crippen molar-refractivity contribution in [2.24, 2.45) is 11.8 Å². The third-order valence-electron chi connectivity index (χ3n) is 2.15. The third kappa shape index (κ3) is 4.76. The highest BCUT2D eigenvalue weighted by Crippen LogP contribution is 2.14. The van der Waals surface area contributed by atoms with E-state index in [1.807, 2.05) is 0 Å². The molecule has 1 N–H and O–H groups in total. The van der Waals surface area contributed by atoms with Crippen molar-refractivity contribution in [3.05, 3.63) is 0 Å².